The number of halogens is 1. The fourth-order valence-corrected chi connectivity index (χ4v) is 2.44. The van der Waals surface area contributed by atoms with Crippen LogP contribution in [0.15, 0.2) is 42.5 Å². The molecule has 0 aliphatic heterocycles. The number of methoxy groups -OCH3 is 1. The molecule has 2 rings (SSSR count). The lowest BCUT2D eigenvalue weighted by atomic mass is 10.1. The van der Waals surface area contributed by atoms with E-state index in [0.29, 0.717) is 11.1 Å². The number of non-ortho nitro benzene ring substituents is 1. The Kier molecular flexibility index (Phi) is 6.11. The van der Waals surface area contributed by atoms with E-state index in [2.05, 4.69) is 5.32 Å². The number of amides is 2. The van der Waals surface area contributed by atoms with Gasteiger partial charge >= 0.3 is 6.03 Å². The molecule has 1 N–H and O–H groups in total. The molecule has 0 saturated carbocycles. The summed E-state index contributed by atoms with van der Waals surface area (Å²) in [4.78, 5) is 24.1. The summed E-state index contributed by atoms with van der Waals surface area (Å²) in [6.45, 7) is 1.94. The molecule has 0 saturated heterocycles. The fourth-order valence-electron chi connectivity index (χ4n) is 2.44. The highest BCUT2D eigenvalue weighted by molar-refractivity contribution is 5.74. The molecule has 2 aromatic rings. The second kappa shape index (κ2) is 8.28. The first-order valence-electron chi connectivity index (χ1n) is 7.90. The van der Waals surface area contributed by atoms with Crippen molar-refractivity contribution in [3.63, 3.8) is 0 Å². The number of ether oxygens (including phenoxy) is 1. The van der Waals surface area contributed by atoms with Crippen LogP contribution < -0.4 is 10.1 Å². The quantitative estimate of drug-likeness (QED) is 0.629. The second-order valence-corrected chi connectivity index (χ2v) is 5.85. The Morgan fingerprint density at radius 1 is 1.35 bits per heavy atom. The van der Waals surface area contributed by atoms with Crippen molar-refractivity contribution < 1.29 is 18.8 Å². The van der Waals surface area contributed by atoms with Gasteiger partial charge in [0.1, 0.15) is 0 Å². The smallest absolute Gasteiger partial charge is 0.317 e. The zero-order chi connectivity index (χ0) is 19.3. The van der Waals surface area contributed by atoms with E-state index >= 15 is 0 Å². The van der Waals surface area contributed by atoms with E-state index in [1.165, 1.54) is 36.3 Å². The number of hydrogen-bond donors (Lipinski definition) is 1. The van der Waals surface area contributed by atoms with Crippen LogP contribution in [-0.2, 0) is 6.54 Å². The summed E-state index contributed by atoms with van der Waals surface area (Å²) in [6, 6.07) is 9.78. The predicted octanol–water partition coefficient (Wildman–Crippen LogP) is 3.65. The van der Waals surface area contributed by atoms with E-state index in [1.54, 1.807) is 32.2 Å². The molecule has 8 heteroatoms. The lowest BCUT2D eigenvalue weighted by Crippen LogP contribution is -2.38. The van der Waals surface area contributed by atoms with Gasteiger partial charge in [0, 0.05) is 25.7 Å². The van der Waals surface area contributed by atoms with Gasteiger partial charge in [0.25, 0.3) is 5.69 Å². The maximum atomic E-state index is 13.7. The topological polar surface area (TPSA) is 84.7 Å². The molecule has 138 valence electrons. The van der Waals surface area contributed by atoms with Crippen LogP contribution in [0.25, 0.3) is 0 Å². The number of nitrogens with one attached hydrogen (secondary N) is 1. The van der Waals surface area contributed by atoms with Crippen LogP contribution in [0.5, 0.6) is 5.75 Å². The Morgan fingerprint density at radius 2 is 2.08 bits per heavy atom. The number of hydrogen-bond acceptors (Lipinski definition) is 4. The van der Waals surface area contributed by atoms with E-state index in [4.69, 9.17) is 4.74 Å². The van der Waals surface area contributed by atoms with E-state index in [9.17, 15) is 19.3 Å². The number of nitro groups is 1. The second-order valence-electron chi connectivity index (χ2n) is 5.85. The minimum absolute atomic E-state index is 0.0364. The summed E-state index contributed by atoms with van der Waals surface area (Å²) in [5, 5.41) is 13.6. The molecule has 0 aliphatic carbocycles. The zero-order valence-corrected chi connectivity index (χ0v) is 14.7. The van der Waals surface area contributed by atoms with Gasteiger partial charge in [-0.3, -0.25) is 10.1 Å². The van der Waals surface area contributed by atoms with Gasteiger partial charge in [0.2, 0.25) is 0 Å². The molecule has 0 bridgehead atoms. The van der Waals surface area contributed by atoms with E-state index in [-0.39, 0.29) is 24.0 Å². The number of nitrogens with zero attached hydrogens (tertiary/aromatic N) is 2. The van der Waals surface area contributed by atoms with Gasteiger partial charge in [-0.25, -0.2) is 9.18 Å². The summed E-state index contributed by atoms with van der Waals surface area (Å²) in [6.07, 6.45) is 0. The molecule has 0 radical (unpaired) electrons. The molecular formula is C18H20FN3O4. The molecule has 1 unspecified atom stereocenters. The summed E-state index contributed by atoms with van der Waals surface area (Å²) >= 11 is 0. The van der Waals surface area contributed by atoms with Crippen molar-refractivity contribution in [1.29, 1.82) is 0 Å². The third-order valence-corrected chi connectivity index (χ3v) is 3.90. The van der Waals surface area contributed by atoms with Crippen molar-refractivity contribution in [1.82, 2.24) is 10.2 Å². The van der Waals surface area contributed by atoms with Gasteiger partial charge in [-0.05, 0) is 30.2 Å². The monoisotopic (exact) mass is 361 g/mol. The number of benzene rings is 2. The van der Waals surface area contributed by atoms with Gasteiger partial charge in [0.05, 0.1) is 18.1 Å². The number of nitro benzene ring substituents is 1. The molecular weight excluding hydrogens is 341 g/mol. The summed E-state index contributed by atoms with van der Waals surface area (Å²) < 4.78 is 18.6. The molecule has 0 spiro atoms. The Morgan fingerprint density at radius 3 is 2.69 bits per heavy atom. The Balaban J connectivity index is 2.01. The van der Waals surface area contributed by atoms with Crippen LogP contribution >= 0.6 is 0 Å². The molecule has 26 heavy (non-hydrogen) atoms. The lowest BCUT2D eigenvalue weighted by molar-refractivity contribution is -0.384. The van der Waals surface area contributed by atoms with Crippen LogP contribution in [0.3, 0.4) is 0 Å². The van der Waals surface area contributed by atoms with Gasteiger partial charge in [0.15, 0.2) is 11.6 Å². The fraction of sp³-hybridized carbons (Fsp3) is 0.278. The van der Waals surface area contributed by atoms with Crippen LogP contribution in [0.1, 0.15) is 24.1 Å². The van der Waals surface area contributed by atoms with Crippen molar-refractivity contribution in [2.24, 2.45) is 0 Å². The van der Waals surface area contributed by atoms with E-state index in [1.807, 2.05) is 0 Å². The summed E-state index contributed by atoms with van der Waals surface area (Å²) in [5.74, 6) is -0.357. The number of rotatable bonds is 6. The molecule has 1 atom stereocenters. The molecule has 2 aromatic carbocycles. The maximum Gasteiger partial charge on any atom is 0.317 e. The molecule has 0 heterocycles. The first-order chi connectivity index (χ1) is 12.3. The first kappa shape index (κ1) is 19.2. The third-order valence-electron chi connectivity index (χ3n) is 3.90. The van der Waals surface area contributed by atoms with Crippen LogP contribution in [0.2, 0.25) is 0 Å². The number of urea groups is 1. The molecule has 7 nitrogen and oxygen atoms in total. The first-order valence-corrected chi connectivity index (χ1v) is 7.90. The van der Waals surface area contributed by atoms with Crippen molar-refractivity contribution in [3.05, 3.63) is 69.5 Å². The highest BCUT2D eigenvalue weighted by Crippen LogP contribution is 2.20. The highest BCUT2D eigenvalue weighted by atomic mass is 19.1. The predicted molar refractivity (Wildman–Crippen MR) is 94.5 cm³/mol. The minimum Gasteiger partial charge on any atom is -0.494 e. The van der Waals surface area contributed by atoms with E-state index < -0.39 is 16.8 Å². The molecule has 2 amide bonds. The summed E-state index contributed by atoms with van der Waals surface area (Å²) in [5.41, 5.74) is 1.20. The van der Waals surface area contributed by atoms with Crippen molar-refractivity contribution >= 4 is 11.7 Å². The van der Waals surface area contributed by atoms with Gasteiger partial charge < -0.3 is 15.0 Å². The molecule has 0 aliphatic rings. The van der Waals surface area contributed by atoms with Crippen molar-refractivity contribution in [3.8, 4) is 5.75 Å². The largest absolute Gasteiger partial charge is 0.494 e. The number of carbonyl (C=O) groups excluding carboxylic acids is 1. The van der Waals surface area contributed by atoms with Crippen LogP contribution in [0.4, 0.5) is 14.9 Å². The molecule has 0 fully saturated rings. The van der Waals surface area contributed by atoms with Gasteiger partial charge in [-0.15, -0.1) is 0 Å². The van der Waals surface area contributed by atoms with Crippen molar-refractivity contribution in [2.45, 2.75) is 19.5 Å². The normalized spacial score (nSPS) is 11.5. The van der Waals surface area contributed by atoms with Crippen LogP contribution in [0, 0.1) is 15.9 Å². The summed E-state index contributed by atoms with van der Waals surface area (Å²) in [7, 11) is 2.96. The maximum absolute atomic E-state index is 13.7. The van der Waals surface area contributed by atoms with E-state index in [0.717, 1.165) is 0 Å². The lowest BCUT2D eigenvalue weighted by Gasteiger charge is -2.22. The Hall–Kier alpha value is -3.16. The Bertz CT molecular complexity index is 813. The molecule has 0 aromatic heterocycles. The highest BCUT2D eigenvalue weighted by Gasteiger charge is 2.16. The van der Waals surface area contributed by atoms with Gasteiger partial charge in [-0.1, -0.05) is 18.2 Å². The van der Waals surface area contributed by atoms with Crippen molar-refractivity contribution in [2.75, 3.05) is 14.2 Å². The average molecular weight is 361 g/mol. The van der Waals surface area contributed by atoms with Crippen LogP contribution in [-0.4, -0.2) is 30.0 Å². The Labute approximate surface area is 150 Å². The number of carbonyl (C=O) groups is 1. The minimum atomic E-state index is -0.497. The van der Waals surface area contributed by atoms with Gasteiger partial charge in [-0.2, -0.15) is 0 Å². The third kappa shape index (κ3) is 4.69. The standard InChI is InChI=1S/C18H20FN3O4/c1-12(14-5-4-6-15(10-14)22(24)25)20-18(23)21(2)11-13-7-8-17(26-3)16(19)9-13/h4-10,12H,11H2,1-3H3,(H,20,23). The zero-order valence-electron chi connectivity index (χ0n) is 14.7. The SMILES string of the molecule is COc1ccc(CN(C)C(=O)NC(C)c2cccc([N+](=O)[O-])c2)cc1F. The average Bonchev–Trinajstić information content (AvgIpc) is 2.61.